The minimum absolute atomic E-state index is 0.721. The first-order valence-electron chi connectivity index (χ1n) is 8.78. The second kappa shape index (κ2) is 6.16. The molecule has 0 amide bonds. The molecule has 1 saturated carbocycles. The van der Waals surface area contributed by atoms with Crippen molar-refractivity contribution >= 4 is 10.9 Å². The Hall–Kier alpha value is -2.15. The maximum absolute atomic E-state index is 4.94. The lowest BCUT2D eigenvalue weighted by Crippen LogP contribution is -2.05. The van der Waals surface area contributed by atoms with Gasteiger partial charge < -0.3 is 0 Å². The summed E-state index contributed by atoms with van der Waals surface area (Å²) >= 11 is 0. The summed E-state index contributed by atoms with van der Waals surface area (Å²) < 4.78 is 0. The highest BCUT2D eigenvalue weighted by Crippen LogP contribution is 2.36. The third kappa shape index (κ3) is 2.88. The molecule has 0 unspecified atom stereocenters. The van der Waals surface area contributed by atoms with Crippen molar-refractivity contribution in [3.63, 3.8) is 0 Å². The van der Waals surface area contributed by atoms with Crippen LogP contribution in [-0.4, -0.2) is 4.98 Å². The van der Waals surface area contributed by atoms with Crippen molar-refractivity contribution in [2.75, 3.05) is 0 Å². The number of aromatic nitrogens is 1. The highest BCUT2D eigenvalue weighted by molar-refractivity contribution is 5.85. The van der Waals surface area contributed by atoms with Gasteiger partial charge in [-0.2, -0.15) is 0 Å². The van der Waals surface area contributed by atoms with Gasteiger partial charge in [0.2, 0.25) is 0 Å². The molecule has 1 heterocycles. The number of benzene rings is 2. The van der Waals surface area contributed by atoms with Crippen molar-refractivity contribution in [2.45, 2.75) is 44.9 Å². The zero-order chi connectivity index (χ0) is 15.6. The number of pyridine rings is 1. The Morgan fingerprint density at radius 1 is 0.870 bits per heavy atom. The molecule has 0 spiro atoms. The first-order valence-corrected chi connectivity index (χ1v) is 8.78. The largest absolute Gasteiger partial charge is 0.248 e. The van der Waals surface area contributed by atoms with E-state index in [-0.39, 0.29) is 0 Å². The third-order valence-corrected chi connectivity index (χ3v) is 5.12. The van der Waals surface area contributed by atoms with Gasteiger partial charge >= 0.3 is 0 Å². The van der Waals surface area contributed by atoms with E-state index in [1.54, 1.807) is 0 Å². The van der Waals surface area contributed by atoms with E-state index in [1.165, 1.54) is 54.2 Å². The number of rotatable bonds is 2. The van der Waals surface area contributed by atoms with Crippen molar-refractivity contribution in [1.82, 2.24) is 4.98 Å². The fourth-order valence-electron chi connectivity index (χ4n) is 3.91. The molecule has 0 bridgehead atoms. The maximum Gasteiger partial charge on any atom is 0.0712 e. The minimum Gasteiger partial charge on any atom is -0.248 e. The molecule has 1 aromatic heterocycles. The average Bonchev–Trinajstić information content (AvgIpc) is 2.61. The molecule has 1 aliphatic carbocycles. The fraction of sp³-hybridized carbons (Fsp3) is 0.318. The fourth-order valence-corrected chi connectivity index (χ4v) is 3.91. The second-order valence-corrected chi connectivity index (χ2v) is 6.81. The average molecular weight is 301 g/mol. The van der Waals surface area contributed by atoms with Gasteiger partial charge in [-0.3, -0.25) is 0 Å². The Labute approximate surface area is 138 Å². The molecule has 116 valence electrons. The standard InChI is InChI=1S/C22H23N/c1-16-7-5-10-18(15-16)21-14-13-20-19(11-6-12-22(20)23-21)17-8-3-2-4-9-17/h5-7,10-15,17H,2-4,8-9H2,1H3. The van der Waals surface area contributed by atoms with Crippen LogP contribution in [0.5, 0.6) is 0 Å². The van der Waals surface area contributed by atoms with Crippen LogP contribution in [0.2, 0.25) is 0 Å². The van der Waals surface area contributed by atoms with Crippen LogP contribution in [-0.2, 0) is 0 Å². The minimum atomic E-state index is 0.721. The lowest BCUT2D eigenvalue weighted by Gasteiger charge is -2.23. The van der Waals surface area contributed by atoms with E-state index in [2.05, 4.69) is 61.5 Å². The summed E-state index contributed by atoms with van der Waals surface area (Å²) in [6, 6.07) is 19.7. The number of fused-ring (bicyclic) bond motifs is 1. The number of aryl methyl sites for hydroxylation is 1. The van der Waals surface area contributed by atoms with Gasteiger partial charge in [-0.25, -0.2) is 4.98 Å². The lowest BCUT2D eigenvalue weighted by molar-refractivity contribution is 0.445. The van der Waals surface area contributed by atoms with Gasteiger partial charge in [-0.1, -0.05) is 61.2 Å². The summed E-state index contributed by atoms with van der Waals surface area (Å²) in [5, 5.41) is 1.34. The van der Waals surface area contributed by atoms with Crippen LogP contribution in [0.3, 0.4) is 0 Å². The molecule has 4 rings (SSSR count). The summed E-state index contributed by atoms with van der Waals surface area (Å²) in [5.74, 6) is 0.721. The molecular formula is C22H23N. The SMILES string of the molecule is Cc1cccc(-c2ccc3c(C4CCCCC4)cccc3n2)c1. The predicted molar refractivity (Wildman–Crippen MR) is 97.7 cm³/mol. The van der Waals surface area contributed by atoms with Gasteiger partial charge in [0, 0.05) is 10.9 Å². The zero-order valence-electron chi connectivity index (χ0n) is 13.8. The molecule has 0 saturated heterocycles. The van der Waals surface area contributed by atoms with Gasteiger partial charge in [0.15, 0.2) is 0 Å². The zero-order valence-corrected chi connectivity index (χ0v) is 13.8. The molecule has 0 atom stereocenters. The van der Waals surface area contributed by atoms with Crippen LogP contribution in [0.25, 0.3) is 22.2 Å². The second-order valence-electron chi connectivity index (χ2n) is 6.81. The molecule has 1 heteroatoms. The summed E-state index contributed by atoms with van der Waals surface area (Å²) in [5.41, 5.74) is 6.19. The third-order valence-electron chi connectivity index (χ3n) is 5.12. The highest BCUT2D eigenvalue weighted by atomic mass is 14.7. The van der Waals surface area contributed by atoms with Gasteiger partial charge in [0.25, 0.3) is 0 Å². The molecule has 0 aliphatic heterocycles. The Bertz CT molecular complexity index is 828. The Kier molecular flexibility index (Phi) is 3.87. The molecule has 1 fully saturated rings. The molecule has 1 nitrogen and oxygen atoms in total. The smallest absolute Gasteiger partial charge is 0.0712 e. The topological polar surface area (TPSA) is 12.9 Å². The Morgan fingerprint density at radius 3 is 2.52 bits per heavy atom. The Balaban J connectivity index is 1.78. The van der Waals surface area contributed by atoms with Crippen molar-refractivity contribution < 1.29 is 0 Å². The molecule has 0 N–H and O–H groups in total. The molecule has 2 aromatic carbocycles. The molecular weight excluding hydrogens is 278 g/mol. The van der Waals surface area contributed by atoms with Crippen LogP contribution >= 0.6 is 0 Å². The van der Waals surface area contributed by atoms with E-state index in [9.17, 15) is 0 Å². The maximum atomic E-state index is 4.94. The monoisotopic (exact) mass is 301 g/mol. The predicted octanol–water partition coefficient (Wildman–Crippen LogP) is 6.26. The lowest BCUT2D eigenvalue weighted by atomic mass is 9.82. The molecule has 1 aliphatic rings. The molecule has 3 aromatic rings. The Morgan fingerprint density at radius 2 is 1.70 bits per heavy atom. The van der Waals surface area contributed by atoms with Crippen LogP contribution in [0.4, 0.5) is 0 Å². The number of hydrogen-bond acceptors (Lipinski definition) is 1. The first kappa shape index (κ1) is 14.4. The highest BCUT2D eigenvalue weighted by Gasteiger charge is 2.17. The quantitative estimate of drug-likeness (QED) is 0.544. The molecule has 23 heavy (non-hydrogen) atoms. The van der Waals surface area contributed by atoms with Crippen LogP contribution < -0.4 is 0 Å². The molecule has 0 radical (unpaired) electrons. The van der Waals surface area contributed by atoms with Gasteiger partial charge in [0.1, 0.15) is 0 Å². The first-order chi connectivity index (χ1) is 11.3. The van der Waals surface area contributed by atoms with E-state index in [4.69, 9.17) is 4.98 Å². The van der Waals surface area contributed by atoms with Crippen molar-refractivity contribution in [2.24, 2.45) is 0 Å². The summed E-state index contributed by atoms with van der Waals surface area (Å²) in [6.07, 6.45) is 6.81. The van der Waals surface area contributed by atoms with Crippen LogP contribution in [0, 0.1) is 6.92 Å². The number of hydrogen-bond donors (Lipinski definition) is 0. The van der Waals surface area contributed by atoms with Gasteiger partial charge in [0.05, 0.1) is 11.2 Å². The van der Waals surface area contributed by atoms with E-state index in [0.717, 1.165) is 17.1 Å². The normalized spacial score (nSPS) is 15.9. The van der Waals surface area contributed by atoms with Crippen molar-refractivity contribution in [3.8, 4) is 11.3 Å². The van der Waals surface area contributed by atoms with Gasteiger partial charge in [-0.15, -0.1) is 0 Å². The van der Waals surface area contributed by atoms with E-state index >= 15 is 0 Å². The summed E-state index contributed by atoms with van der Waals surface area (Å²) in [7, 11) is 0. The summed E-state index contributed by atoms with van der Waals surface area (Å²) in [6.45, 7) is 2.13. The van der Waals surface area contributed by atoms with Crippen LogP contribution in [0.1, 0.15) is 49.1 Å². The van der Waals surface area contributed by atoms with E-state index in [0.29, 0.717) is 0 Å². The van der Waals surface area contributed by atoms with Gasteiger partial charge in [-0.05, 0) is 49.4 Å². The van der Waals surface area contributed by atoms with Crippen molar-refractivity contribution in [1.29, 1.82) is 0 Å². The van der Waals surface area contributed by atoms with Crippen molar-refractivity contribution in [3.05, 3.63) is 65.7 Å². The van der Waals surface area contributed by atoms with E-state index < -0.39 is 0 Å². The number of nitrogens with zero attached hydrogens (tertiary/aromatic N) is 1. The van der Waals surface area contributed by atoms with E-state index in [1.807, 2.05) is 0 Å². The van der Waals surface area contributed by atoms with Crippen LogP contribution in [0.15, 0.2) is 54.6 Å². The summed E-state index contributed by atoms with van der Waals surface area (Å²) in [4.78, 5) is 4.94.